The normalized spacial score (nSPS) is 20.7. The van der Waals surface area contributed by atoms with Crippen LogP contribution >= 0.6 is 0 Å². The molecule has 0 bridgehead atoms. The number of hydrogen-bond donors (Lipinski definition) is 0. The molecule has 1 atom stereocenters. The molecule has 1 rings (SSSR count). The van der Waals surface area contributed by atoms with Crippen molar-refractivity contribution in [1.82, 2.24) is 0 Å². The Hall–Kier alpha value is -0.990. The van der Waals surface area contributed by atoms with Crippen LogP contribution in [0.5, 0.6) is 0 Å². The van der Waals surface area contributed by atoms with Gasteiger partial charge in [0, 0.05) is 12.3 Å². The minimum absolute atomic E-state index is 0.154. The van der Waals surface area contributed by atoms with E-state index in [9.17, 15) is 4.79 Å². The third kappa shape index (κ3) is 2.74. The standard InChI is InChI=1S/C12H20O3/c1-5-9-7-10(12(13)14-6-2)11(15-9)8(3)4/h8-9H,5-7H2,1-4H3. The lowest BCUT2D eigenvalue weighted by Gasteiger charge is -2.12. The smallest absolute Gasteiger partial charge is 0.337 e. The van der Waals surface area contributed by atoms with Gasteiger partial charge in [0.2, 0.25) is 0 Å². The van der Waals surface area contributed by atoms with E-state index in [-0.39, 0.29) is 18.0 Å². The van der Waals surface area contributed by atoms with Crippen molar-refractivity contribution in [3.63, 3.8) is 0 Å². The van der Waals surface area contributed by atoms with Crippen LogP contribution in [0.3, 0.4) is 0 Å². The second kappa shape index (κ2) is 5.19. The van der Waals surface area contributed by atoms with E-state index in [1.807, 2.05) is 20.8 Å². The molecule has 0 aliphatic carbocycles. The minimum atomic E-state index is -0.211. The zero-order valence-corrected chi connectivity index (χ0v) is 10.0. The molecule has 0 N–H and O–H groups in total. The van der Waals surface area contributed by atoms with Crippen LogP contribution in [0, 0.1) is 5.92 Å². The van der Waals surface area contributed by atoms with Gasteiger partial charge in [-0.3, -0.25) is 0 Å². The van der Waals surface area contributed by atoms with Gasteiger partial charge in [0.1, 0.15) is 11.9 Å². The van der Waals surface area contributed by atoms with Gasteiger partial charge in [-0.05, 0) is 13.3 Å². The molecule has 3 nitrogen and oxygen atoms in total. The molecule has 0 aromatic carbocycles. The van der Waals surface area contributed by atoms with Crippen molar-refractivity contribution in [1.29, 1.82) is 0 Å². The highest BCUT2D eigenvalue weighted by molar-refractivity contribution is 5.89. The molecule has 0 amide bonds. The van der Waals surface area contributed by atoms with Crippen molar-refractivity contribution in [2.24, 2.45) is 5.92 Å². The lowest BCUT2D eigenvalue weighted by atomic mass is 10.0. The van der Waals surface area contributed by atoms with Crippen molar-refractivity contribution in [2.45, 2.75) is 46.6 Å². The van der Waals surface area contributed by atoms with Crippen LogP contribution in [0.4, 0.5) is 0 Å². The fourth-order valence-electron chi connectivity index (χ4n) is 1.73. The molecule has 0 saturated heterocycles. The second-order valence-electron chi connectivity index (χ2n) is 4.07. The van der Waals surface area contributed by atoms with Crippen LogP contribution in [0.15, 0.2) is 11.3 Å². The van der Waals surface area contributed by atoms with Crippen molar-refractivity contribution in [2.75, 3.05) is 6.61 Å². The van der Waals surface area contributed by atoms with Crippen LogP contribution in [0.2, 0.25) is 0 Å². The molecule has 0 fully saturated rings. The first kappa shape index (κ1) is 12.1. The number of hydrogen-bond acceptors (Lipinski definition) is 3. The average Bonchev–Trinajstić information content (AvgIpc) is 2.61. The van der Waals surface area contributed by atoms with Gasteiger partial charge in [-0.2, -0.15) is 0 Å². The number of carbonyl (C=O) groups is 1. The highest BCUT2D eigenvalue weighted by Gasteiger charge is 2.31. The molecule has 15 heavy (non-hydrogen) atoms. The van der Waals surface area contributed by atoms with Gasteiger partial charge in [0.05, 0.1) is 12.2 Å². The lowest BCUT2D eigenvalue weighted by Crippen LogP contribution is -2.10. The Balaban J connectivity index is 2.80. The van der Waals surface area contributed by atoms with Crippen molar-refractivity contribution in [3.05, 3.63) is 11.3 Å². The average molecular weight is 212 g/mol. The largest absolute Gasteiger partial charge is 0.494 e. The Morgan fingerprint density at radius 3 is 2.67 bits per heavy atom. The highest BCUT2D eigenvalue weighted by Crippen LogP contribution is 2.32. The third-order valence-corrected chi connectivity index (χ3v) is 2.52. The fourth-order valence-corrected chi connectivity index (χ4v) is 1.73. The summed E-state index contributed by atoms with van der Waals surface area (Å²) >= 11 is 0. The van der Waals surface area contributed by atoms with Crippen molar-refractivity contribution in [3.8, 4) is 0 Å². The Bertz CT molecular complexity index is 266. The van der Waals surface area contributed by atoms with E-state index in [1.54, 1.807) is 0 Å². The minimum Gasteiger partial charge on any atom is -0.494 e. The Morgan fingerprint density at radius 1 is 1.53 bits per heavy atom. The summed E-state index contributed by atoms with van der Waals surface area (Å²) in [6.45, 7) is 8.38. The van der Waals surface area contributed by atoms with E-state index in [2.05, 4.69) is 6.92 Å². The molecule has 0 saturated carbocycles. The molecule has 0 spiro atoms. The summed E-state index contributed by atoms with van der Waals surface area (Å²) in [6.07, 6.45) is 1.78. The van der Waals surface area contributed by atoms with E-state index in [0.717, 1.165) is 17.8 Å². The molecule has 0 aromatic rings. The van der Waals surface area contributed by atoms with Gasteiger partial charge >= 0.3 is 5.97 Å². The highest BCUT2D eigenvalue weighted by atomic mass is 16.5. The van der Waals surface area contributed by atoms with E-state index in [0.29, 0.717) is 13.0 Å². The number of rotatable bonds is 4. The monoisotopic (exact) mass is 212 g/mol. The first-order valence-corrected chi connectivity index (χ1v) is 5.66. The summed E-state index contributed by atoms with van der Waals surface area (Å²) < 4.78 is 10.8. The van der Waals surface area contributed by atoms with Crippen LogP contribution in [-0.2, 0) is 14.3 Å². The fraction of sp³-hybridized carbons (Fsp3) is 0.750. The second-order valence-corrected chi connectivity index (χ2v) is 4.07. The molecule has 1 heterocycles. The van der Waals surface area contributed by atoms with Gasteiger partial charge < -0.3 is 9.47 Å². The number of ether oxygens (including phenoxy) is 2. The Labute approximate surface area is 91.4 Å². The van der Waals surface area contributed by atoms with Crippen molar-refractivity contribution >= 4 is 5.97 Å². The van der Waals surface area contributed by atoms with Gasteiger partial charge in [-0.15, -0.1) is 0 Å². The summed E-state index contributed by atoms with van der Waals surface area (Å²) in [4.78, 5) is 11.7. The molecule has 1 aliphatic rings. The SMILES string of the molecule is CCOC(=O)C1=C(C(C)C)OC(CC)C1. The third-order valence-electron chi connectivity index (χ3n) is 2.52. The first-order valence-electron chi connectivity index (χ1n) is 5.66. The Kier molecular flexibility index (Phi) is 4.18. The predicted octanol–water partition coefficient (Wildman–Crippen LogP) is 2.66. The predicted molar refractivity (Wildman–Crippen MR) is 58.3 cm³/mol. The molecule has 3 heteroatoms. The van der Waals surface area contributed by atoms with Crippen LogP contribution in [0.1, 0.15) is 40.5 Å². The zero-order valence-electron chi connectivity index (χ0n) is 10.0. The molecular weight excluding hydrogens is 192 g/mol. The maximum Gasteiger partial charge on any atom is 0.337 e. The van der Waals surface area contributed by atoms with Gasteiger partial charge in [0.15, 0.2) is 0 Å². The van der Waals surface area contributed by atoms with E-state index < -0.39 is 0 Å². The number of carbonyl (C=O) groups excluding carboxylic acids is 1. The summed E-state index contributed by atoms with van der Waals surface area (Å²) in [5.74, 6) is 0.860. The van der Waals surface area contributed by atoms with Crippen LogP contribution < -0.4 is 0 Å². The van der Waals surface area contributed by atoms with Crippen molar-refractivity contribution < 1.29 is 14.3 Å². The summed E-state index contributed by atoms with van der Waals surface area (Å²) in [6, 6.07) is 0. The quantitative estimate of drug-likeness (QED) is 0.672. The summed E-state index contributed by atoms with van der Waals surface area (Å²) in [5, 5.41) is 0. The summed E-state index contributed by atoms with van der Waals surface area (Å²) in [5.41, 5.74) is 0.735. The van der Waals surface area contributed by atoms with E-state index in [1.165, 1.54) is 0 Å². The molecule has 1 unspecified atom stereocenters. The van der Waals surface area contributed by atoms with Gasteiger partial charge in [-0.1, -0.05) is 20.8 Å². The number of allylic oxidation sites excluding steroid dienone is 1. The number of esters is 1. The van der Waals surface area contributed by atoms with Crippen LogP contribution in [-0.4, -0.2) is 18.7 Å². The van der Waals surface area contributed by atoms with E-state index >= 15 is 0 Å². The lowest BCUT2D eigenvalue weighted by molar-refractivity contribution is -0.138. The molecule has 1 aliphatic heterocycles. The maximum absolute atomic E-state index is 11.7. The zero-order chi connectivity index (χ0) is 11.4. The molecular formula is C12H20O3. The van der Waals surface area contributed by atoms with Gasteiger partial charge in [0.25, 0.3) is 0 Å². The van der Waals surface area contributed by atoms with Gasteiger partial charge in [-0.25, -0.2) is 4.79 Å². The maximum atomic E-state index is 11.7. The summed E-state index contributed by atoms with van der Waals surface area (Å²) in [7, 11) is 0. The molecule has 0 radical (unpaired) electrons. The first-order chi connectivity index (χ1) is 7.10. The topological polar surface area (TPSA) is 35.5 Å². The van der Waals surface area contributed by atoms with Crippen LogP contribution in [0.25, 0.3) is 0 Å². The molecule has 86 valence electrons. The molecule has 0 aromatic heterocycles. The Morgan fingerprint density at radius 2 is 2.20 bits per heavy atom. The van der Waals surface area contributed by atoms with E-state index in [4.69, 9.17) is 9.47 Å².